The summed E-state index contributed by atoms with van der Waals surface area (Å²) < 4.78 is 26.0. The second kappa shape index (κ2) is 5.57. The van der Waals surface area contributed by atoms with Crippen LogP contribution in [0.4, 0.5) is 8.78 Å². The molecule has 0 heterocycles. The number of hydrogen-bond donors (Lipinski definition) is 1. The first kappa shape index (κ1) is 13.1. The summed E-state index contributed by atoms with van der Waals surface area (Å²) in [5, 5.41) is 0. The van der Waals surface area contributed by atoms with E-state index in [9.17, 15) is 13.6 Å². The molecule has 98 valence electrons. The van der Waals surface area contributed by atoms with Crippen molar-refractivity contribution in [2.24, 2.45) is 11.7 Å². The van der Waals surface area contributed by atoms with Crippen LogP contribution < -0.4 is 5.73 Å². The van der Waals surface area contributed by atoms with Crippen LogP contribution in [-0.2, 0) is 11.2 Å². The third-order valence-corrected chi connectivity index (χ3v) is 3.53. The van der Waals surface area contributed by atoms with E-state index < -0.39 is 11.6 Å². The van der Waals surface area contributed by atoms with E-state index in [-0.39, 0.29) is 24.2 Å². The van der Waals surface area contributed by atoms with Crippen molar-refractivity contribution in [3.8, 4) is 0 Å². The molecule has 0 radical (unpaired) electrons. The van der Waals surface area contributed by atoms with Crippen molar-refractivity contribution in [2.45, 2.75) is 38.1 Å². The van der Waals surface area contributed by atoms with Gasteiger partial charge in [0.05, 0.1) is 0 Å². The van der Waals surface area contributed by atoms with E-state index in [1.165, 1.54) is 12.1 Å². The second-order valence-electron chi connectivity index (χ2n) is 5.03. The number of benzene rings is 1. The van der Waals surface area contributed by atoms with E-state index in [0.717, 1.165) is 31.7 Å². The molecule has 2 N–H and O–H groups in total. The Morgan fingerprint density at radius 1 is 1.11 bits per heavy atom. The van der Waals surface area contributed by atoms with Gasteiger partial charge < -0.3 is 5.73 Å². The number of halogens is 2. The zero-order chi connectivity index (χ0) is 13.1. The Hall–Kier alpha value is -1.29. The van der Waals surface area contributed by atoms with Gasteiger partial charge in [-0.2, -0.15) is 0 Å². The van der Waals surface area contributed by atoms with Gasteiger partial charge >= 0.3 is 0 Å². The lowest BCUT2D eigenvalue weighted by atomic mass is 9.82. The Labute approximate surface area is 105 Å². The summed E-state index contributed by atoms with van der Waals surface area (Å²) in [7, 11) is 0. The van der Waals surface area contributed by atoms with E-state index in [0.29, 0.717) is 5.56 Å². The molecule has 1 aliphatic rings. The van der Waals surface area contributed by atoms with Gasteiger partial charge in [0.2, 0.25) is 0 Å². The van der Waals surface area contributed by atoms with Gasteiger partial charge in [-0.15, -0.1) is 0 Å². The number of hydrogen-bond acceptors (Lipinski definition) is 2. The second-order valence-corrected chi connectivity index (χ2v) is 5.03. The van der Waals surface area contributed by atoms with Crippen molar-refractivity contribution in [1.29, 1.82) is 0 Å². The molecule has 0 bridgehead atoms. The van der Waals surface area contributed by atoms with E-state index in [1.807, 2.05) is 0 Å². The molecule has 0 atom stereocenters. The lowest BCUT2D eigenvalue weighted by Gasteiger charge is -2.24. The Balaban J connectivity index is 1.98. The fourth-order valence-corrected chi connectivity index (χ4v) is 2.50. The van der Waals surface area contributed by atoms with Crippen molar-refractivity contribution in [2.75, 3.05) is 0 Å². The quantitative estimate of drug-likeness (QED) is 0.899. The number of carbonyl (C=O) groups excluding carboxylic acids is 1. The van der Waals surface area contributed by atoms with E-state index in [1.54, 1.807) is 0 Å². The number of ketones is 1. The summed E-state index contributed by atoms with van der Waals surface area (Å²) in [6.07, 6.45) is 3.39. The van der Waals surface area contributed by atoms with Gasteiger partial charge in [-0.05, 0) is 43.4 Å². The highest BCUT2D eigenvalue weighted by atomic mass is 19.1. The average Bonchev–Trinajstić information content (AvgIpc) is 2.28. The highest BCUT2D eigenvalue weighted by molar-refractivity contribution is 5.83. The molecule has 0 amide bonds. The standard InChI is InChI=1S/C14H17F2NO/c15-11-5-9(6-12(16)8-11)7-14(18)10-1-3-13(17)4-2-10/h5-6,8,10,13H,1-4,7,17H2. The molecule has 0 spiro atoms. The predicted molar refractivity (Wildman–Crippen MR) is 65.0 cm³/mol. The minimum atomic E-state index is -0.636. The van der Waals surface area contributed by atoms with E-state index in [2.05, 4.69) is 0 Å². The number of Topliss-reactive ketones (excluding diaryl/α,β-unsaturated/α-hetero) is 1. The molecule has 1 aromatic rings. The first-order chi connectivity index (χ1) is 8.54. The molecule has 1 fully saturated rings. The van der Waals surface area contributed by atoms with Crippen LogP contribution in [0.2, 0.25) is 0 Å². The zero-order valence-corrected chi connectivity index (χ0v) is 10.2. The SMILES string of the molecule is NC1CCC(C(=O)Cc2cc(F)cc(F)c2)CC1. The Morgan fingerprint density at radius 2 is 1.67 bits per heavy atom. The normalized spacial score (nSPS) is 23.9. The Kier molecular flexibility index (Phi) is 4.07. The van der Waals surface area contributed by atoms with Crippen LogP contribution in [0.1, 0.15) is 31.2 Å². The van der Waals surface area contributed by atoms with Crippen LogP contribution in [0.15, 0.2) is 18.2 Å². The molecule has 4 heteroatoms. The minimum Gasteiger partial charge on any atom is -0.328 e. The van der Waals surface area contributed by atoms with Gasteiger partial charge in [0, 0.05) is 24.4 Å². The molecule has 2 rings (SSSR count). The maximum absolute atomic E-state index is 13.0. The smallest absolute Gasteiger partial charge is 0.140 e. The van der Waals surface area contributed by atoms with E-state index in [4.69, 9.17) is 5.73 Å². The molecule has 0 aromatic heterocycles. The summed E-state index contributed by atoms with van der Waals surface area (Å²) in [6, 6.07) is 3.44. The summed E-state index contributed by atoms with van der Waals surface area (Å²) in [5.41, 5.74) is 6.19. The average molecular weight is 253 g/mol. The fourth-order valence-electron chi connectivity index (χ4n) is 2.50. The van der Waals surface area contributed by atoms with E-state index >= 15 is 0 Å². The Bertz CT molecular complexity index is 419. The molecule has 18 heavy (non-hydrogen) atoms. The summed E-state index contributed by atoms with van der Waals surface area (Å²) >= 11 is 0. The summed E-state index contributed by atoms with van der Waals surface area (Å²) in [6.45, 7) is 0. The Morgan fingerprint density at radius 3 is 2.22 bits per heavy atom. The van der Waals surface area contributed by atoms with Gasteiger partial charge in [0.25, 0.3) is 0 Å². The van der Waals surface area contributed by atoms with Crippen LogP contribution in [0.25, 0.3) is 0 Å². The number of rotatable bonds is 3. The summed E-state index contributed by atoms with van der Waals surface area (Å²) in [5.74, 6) is -1.21. The van der Waals surface area contributed by atoms with Crippen LogP contribution in [0.3, 0.4) is 0 Å². The molecule has 1 saturated carbocycles. The molecule has 0 unspecified atom stereocenters. The topological polar surface area (TPSA) is 43.1 Å². The van der Waals surface area contributed by atoms with Gasteiger partial charge in [-0.3, -0.25) is 4.79 Å². The fraction of sp³-hybridized carbons (Fsp3) is 0.500. The van der Waals surface area contributed by atoms with Crippen LogP contribution in [-0.4, -0.2) is 11.8 Å². The van der Waals surface area contributed by atoms with Crippen molar-refractivity contribution >= 4 is 5.78 Å². The first-order valence-corrected chi connectivity index (χ1v) is 6.28. The third kappa shape index (κ3) is 3.35. The molecule has 1 aliphatic carbocycles. The molecular weight excluding hydrogens is 236 g/mol. The minimum absolute atomic E-state index is 0.00358. The molecule has 0 aliphatic heterocycles. The molecule has 1 aromatic carbocycles. The van der Waals surface area contributed by atoms with Crippen molar-refractivity contribution in [1.82, 2.24) is 0 Å². The highest BCUT2D eigenvalue weighted by Gasteiger charge is 2.24. The number of carbonyl (C=O) groups is 1. The van der Waals surface area contributed by atoms with Crippen LogP contribution in [0.5, 0.6) is 0 Å². The van der Waals surface area contributed by atoms with Crippen molar-refractivity contribution in [3.63, 3.8) is 0 Å². The monoisotopic (exact) mass is 253 g/mol. The number of nitrogens with two attached hydrogens (primary N) is 1. The summed E-state index contributed by atoms with van der Waals surface area (Å²) in [4.78, 5) is 12.0. The largest absolute Gasteiger partial charge is 0.328 e. The maximum atomic E-state index is 13.0. The third-order valence-electron chi connectivity index (χ3n) is 3.53. The lowest BCUT2D eigenvalue weighted by molar-refractivity contribution is -0.123. The van der Waals surface area contributed by atoms with Crippen molar-refractivity contribution < 1.29 is 13.6 Å². The van der Waals surface area contributed by atoms with Gasteiger partial charge in [-0.25, -0.2) is 8.78 Å². The molecule has 2 nitrogen and oxygen atoms in total. The highest BCUT2D eigenvalue weighted by Crippen LogP contribution is 2.25. The predicted octanol–water partition coefficient (Wildman–Crippen LogP) is 2.59. The van der Waals surface area contributed by atoms with Crippen LogP contribution >= 0.6 is 0 Å². The first-order valence-electron chi connectivity index (χ1n) is 6.28. The van der Waals surface area contributed by atoms with Gasteiger partial charge in [0.1, 0.15) is 17.4 Å². The lowest BCUT2D eigenvalue weighted by Crippen LogP contribution is -2.30. The van der Waals surface area contributed by atoms with Crippen LogP contribution in [0, 0.1) is 17.6 Å². The van der Waals surface area contributed by atoms with Crippen molar-refractivity contribution in [3.05, 3.63) is 35.4 Å². The molecule has 0 saturated heterocycles. The molecular formula is C14H17F2NO. The zero-order valence-electron chi connectivity index (χ0n) is 10.2. The maximum Gasteiger partial charge on any atom is 0.140 e. The van der Waals surface area contributed by atoms with Gasteiger partial charge in [0.15, 0.2) is 0 Å². The van der Waals surface area contributed by atoms with Gasteiger partial charge in [-0.1, -0.05) is 0 Å².